The molecule has 0 aliphatic carbocycles. The number of nitro benzene ring substituents is 1. The molecular weight excluding hydrogens is 210 g/mol. The van der Waals surface area contributed by atoms with Crippen molar-refractivity contribution in [1.82, 2.24) is 0 Å². The van der Waals surface area contributed by atoms with Gasteiger partial charge < -0.3 is 0 Å². The van der Waals surface area contributed by atoms with Crippen molar-refractivity contribution in [2.45, 2.75) is 13.3 Å². The van der Waals surface area contributed by atoms with E-state index in [4.69, 9.17) is 0 Å². The number of non-ortho nitro benzene ring substituents is 1. The quantitative estimate of drug-likeness (QED) is 0.361. The first-order valence-electron chi connectivity index (χ1n) is 4.50. The topological polar surface area (TPSA) is 43.1 Å². The fourth-order valence-electron chi connectivity index (χ4n) is 1.12. The minimum Gasteiger partial charge on any atom is -0.258 e. The van der Waals surface area contributed by atoms with E-state index in [1.807, 2.05) is 6.92 Å². The van der Waals surface area contributed by atoms with E-state index in [1.54, 1.807) is 6.07 Å². The SMILES string of the molecule is Cc1cc([N+](=O)[O-])ccc1C#CCCS. The van der Waals surface area contributed by atoms with Crippen LogP contribution in [0.3, 0.4) is 0 Å². The molecule has 0 amide bonds. The van der Waals surface area contributed by atoms with Crippen molar-refractivity contribution in [1.29, 1.82) is 0 Å². The number of aryl methyl sites for hydroxylation is 1. The summed E-state index contributed by atoms with van der Waals surface area (Å²) in [6.07, 6.45) is 0.722. The summed E-state index contributed by atoms with van der Waals surface area (Å²) in [6, 6.07) is 4.68. The Morgan fingerprint density at radius 3 is 2.80 bits per heavy atom. The van der Waals surface area contributed by atoms with Gasteiger partial charge in [-0.3, -0.25) is 10.1 Å². The zero-order valence-electron chi connectivity index (χ0n) is 8.36. The number of thiol groups is 1. The van der Waals surface area contributed by atoms with Crippen LogP contribution in [0.1, 0.15) is 17.5 Å². The van der Waals surface area contributed by atoms with Gasteiger partial charge in [0, 0.05) is 29.9 Å². The van der Waals surface area contributed by atoms with Crippen molar-refractivity contribution in [3.8, 4) is 11.8 Å². The third-order valence-electron chi connectivity index (χ3n) is 1.88. The summed E-state index contributed by atoms with van der Waals surface area (Å²) in [6.45, 7) is 1.82. The molecule has 78 valence electrons. The van der Waals surface area contributed by atoms with Crippen molar-refractivity contribution in [2.24, 2.45) is 0 Å². The minimum absolute atomic E-state index is 0.104. The van der Waals surface area contributed by atoms with Crippen molar-refractivity contribution in [3.63, 3.8) is 0 Å². The Labute approximate surface area is 94.1 Å². The van der Waals surface area contributed by atoms with Crippen LogP contribution in [-0.2, 0) is 0 Å². The maximum Gasteiger partial charge on any atom is 0.269 e. The van der Waals surface area contributed by atoms with Crippen molar-refractivity contribution >= 4 is 18.3 Å². The Balaban J connectivity index is 2.95. The van der Waals surface area contributed by atoms with Gasteiger partial charge in [0.05, 0.1) is 4.92 Å². The Bertz CT molecular complexity index is 432. The van der Waals surface area contributed by atoms with E-state index < -0.39 is 4.92 Å². The monoisotopic (exact) mass is 221 g/mol. The van der Waals surface area contributed by atoms with Crippen LogP contribution in [0, 0.1) is 28.9 Å². The molecule has 0 saturated heterocycles. The molecule has 0 aliphatic heterocycles. The van der Waals surface area contributed by atoms with Gasteiger partial charge in [-0.05, 0) is 18.6 Å². The predicted octanol–water partition coefficient (Wildman–Crippen LogP) is 2.57. The van der Waals surface area contributed by atoms with Gasteiger partial charge in [0.25, 0.3) is 5.69 Å². The lowest BCUT2D eigenvalue weighted by molar-refractivity contribution is -0.384. The molecule has 0 radical (unpaired) electrons. The summed E-state index contributed by atoms with van der Waals surface area (Å²) >= 11 is 4.04. The molecule has 15 heavy (non-hydrogen) atoms. The maximum atomic E-state index is 10.5. The Morgan fingerprint density at radius 2 is 2.27 bits per heavy atom. The largest absolute Gasteiger partial charge is 0.269 e. The zero-order chi connectivity index (χ0) is 11.3. The summed E-state index contributed by atoms with van der Waals surface area (Å²) in [7, 11) is 0. The molecule has 1 rings (SSSR count). The Kier molecular flexibility index (Phi) is 4.19. The Hall–Kier alpha value is -1.47. The van der Waals surface area contributed by atoms with E-state index in [0.29, 0.717) is 0 Å². The predicted molar refractivity (Wildman–Crippen MR) is 63.2 cm³/mol. The molecule has 0 heterocycles. The normalized spacial score (nSPS) is 9.20. The molecule has 3 nitrogen and oxygen atoms in total. The molecule has 4 heteroatoms. The van der Waals surface area contributed by atoms with Crippen molar-refractivity contribution in [2.75, 3.05) is 5.75 Å². The Morgan fingerprint density at radius 1 is 1.53 bits per heavy atom. The number of hydrogen-bond acceptors (Lipinski definition) is 3. The first-order chi connectivity index (χ1) is 7.15. The molecular formula is C11H11NO2S. The fourth-order valence-corrected chi connectivity index (χ4v) is 1.23. The zero-order valence-corrected chi connectivity index (χ0v) is 9.25. The van der Waals surface area contributed by atoms with Crippen LogP contribution in [0.4, 0.5) is 5.69 Å². The van der Waals surface area contributed by atoms with Crippen molar-refractivity contribution in [3.05, 3.63) is 39.4 Å². The summed E-state index contributed by atoms with van der Waals surface area (Å²) in [5, 5.41) is 10.5. The molecule has 0 saturated carbocycles. The molecule has 1 aromatic rings. The van der Waals surface area contributed by atoms with Crippen LogP contribution in [0.5, 0.6) is 0 Å². The maximum absolute atomic E-state index is 10.5. The summed E-state index contributed by atoms with van der Waals surface area (Å²) in [5.41, 5.74) is 1.77. The van der Waals surface area contributed by atoms with Crippen LogP contribution in [0.25, 0.3) is 0 Å². The second-order valence-corrected chi connectivity index (χ2v) is 3.48. The van der Waals surface area contributed by atoms with E-state index in [-0.39, 0.29) is 5.69 Å². The van der Waals surface area contributed by atoms with Gasteiger partial charge in [0.15, 0.2) is 0 Å². The molecule has 0 aliphatic rings. The van der Waals surface area contributed by atoms with Crippen LogP contribution in [0.15, 0.2) is 18.2 Å². The second kappa shape index (κ2) is 5.42. The lowest BCUT2D eigenvalue weighted by atomic mass is 10.1. The number of rotatable bonds is 2. The molecule has 0 spiro atoms. The lowest BCUT2D eigenvalue weighted by Crippen LogP contribution is -1.90. The molecule has 0 N–H and O–H groups in total. The second-order valence-electron chi connectivity index (χ2n) is 3.03. The van der Waals surface area contributed by atoms with Crippen LogP contribution < -0.4 is 0 Å². The van der Waals surface area contributed by atoms with E-state index in [2.05, 4.69) is 24.5 Å². The number of hydrogen-bond donors (Lipinski definition) is 1. The first-order valence-corrected chi connectivity index (χ1v) is 5.13. The average molecular weight is 221 g/mol. The fraction of sp³-hybridized carbons (Fsp3) is 0.273. The lowest BCUT2D eigenvalue weighted by Gasteiger charge is -1.97. The average Bonchev–Trinajstić information content (AvgIpc) is 2.20. The smallest absolute Gasteiger partial charge is 0.258 e. The van der Waals surface area contributed by atoms with E-state index in [9.17, 15) is 10.1 Å². The van der Waals surface area contributed by atoms with Gasteiger partial charge in [-0.2, -0.15) is 12.6 Å². The van der Waals surface area contributed by atoms with Gasteiger partial charge >= 0.3 is 0 Å². The van der Waals surface area contributed by atoms with Crippen LogP contribution in [0.2, 0.25) is 0 Å². The third-order valence-corrected chi connectivity index (χ3v) is 2.10. The molecule has 0 aromatic heterocycles. The molecule has 0 atom stereocenters. The summed E-state index contributed by atoms with van der Waals surface area (Å²) in [4.78, 5) is 10.1. The highest BCUT2D eigenvalue weighted by atomic mass is 32.1. The summed E-state index contributed by atoms with van der Waals surface area (Å²) < 4.78 is 0. The van der Waals surface area contributed by atoms with Gasteiger partial charge in [-0.1, -0.05) is 11.8 Å². The van der Waals surface area contributed by atoms with Crippen LogP contribution in [-0.4, -0.2) is 10.7 Å². The van der Waals surface area contributed by atoms with Gasteiger partial charge in [0.2, 0.25) is 0 Å². The highest BCUT2D eigenvalue weighted by Crippen LogP contribution is 2.16. The van der Waals surface area contributed by atoms with E-state index in [1.165, 1.54) is 12.1 Å². The number of benzene rings is 1. The summed E-state index contributed by atoms with van der Waals surface area (Å²) in [5.74, 6) is 6.62. The molecule has 0 unspecified atom stereocenters. The van der Waals surface area contributed by atoms with Gasteiger partial charge in [-0.15, -0.1) is 0 Å². The number of nitrogens with zero attached hydrogens (tertiary/aromatic N) is 1. The highest BCUT2D eigenvalue weighted by Gasteiger charge is 2.06. The minimum atomic E-state index is -0.405. The van der Waals surface area contributed by atoms with Crippen molar-refractivity contribution < 1.29 is 4.92 Å². The molecule has 1 aromatic carbocycles. The van der Waals surface area contributed by atoms with Gasteiger partial charge in [0.1, 0.15) is 0 Å². The van der Waals surface area contributed by atoms with Crippen LogP contribution >= 0.6 is 12.6 Å². The first kappa shape index (κ1) is 11.6. The van der Waals surface area contributed by atoms with E-state index >= 15 is 0 Å². The molecule has 0 bridgehead atoms. The molecule has 0 fully saturated rings. The third kappa shape index (κ3) is 3.30. The van der Waals surface area contributed by atoms with Gasteiger partial charge in [-0.25, -0.2) is 0 Å². The van der Waals surface area contributed by atoms with E-state index in [0.717, 1.165) is 23.3 Å². The number of nitro groups is 1. The standard InChI is InChI=1S/C11H11NO2S/c1-9-8-11(12(13)14)6-5-10(9)4-2-3-7-15/h5-6,8,15H,3,7H2,1H3. The highest BCUT2D eigenvalue weighted by molar-refractivity contribution is 7.80.